The van der Waals surface area contributed by atoms with Gasteiger partial charge in [0.2, 0.25) is 0 Å². The van der Waals surface area contributed by atoms with E-state index in [1.807, 2.05) is 18.3 Å². The smallest absolute Gasteiger partial charge is 0.191 e. The summed E-state index contributed by atoms with van der Waals surface area (Å²) in [6.07, 6.45) is 2.73. The van der Waals surface area contributed by atoms with Gasteiger partial charge in [0.1, 0.15) is 0 Å². The highest BCUT2D eigenvalue weighted by Crippen LogP contribution is 2.03. The lowest BCUT2D eigenvalue weighted by molar-refractivity contribution is 0.181. The Labute approximate surface area is 164 Å². The second-order valence-electron chi connectivity index (χ2n) is 6.18. The first-order valence-electron chi connectivity index (χ1n) is 8.72. The van der Waals surface area contributed by atoms with Crippen molar-refractivity contribution in [2.24, 2.45) is 4.99 Å². The molecule has 138 valence electrons. The van der Waals surface area contributed by atoms with Gasteiger partial charge in [-0.25, -0.2) is 0 Å². The van der Waals surface area contributed by atoms with Crippen molar-refractivity contribution in [3.63, 3.8) is 0 Å². The average molecular weight is 447 g/mol. The molecular formula is C18H34IN5. The number of nitrogens with one attached hydrogen (secondary N) is 2. The van der Waals surface area contributed by atoms with E-state index in [0.717, 1.165) is 44.3 Å². The number of halogens is 1. The molecule has 1 aromatic heterocycles. The summed E-state index contributed by atoms with van der Waals surface area (Å²) in [4.78, 5) is 11.5. The lowest BCUT2D eigenvalue weighted by Gasteiger charge is -2.29. The molecular weight excluding hydrogens is 413 g/mol. The zero-order chi connectivity index (χ0) is 17.1. The molecule has 0 aliphatic heterocycles. The number of nitrogens with zero attached hydrogens (tertiary/aromatic N) is 3. The van der Waals surface area contributed by atoms with Crippen LogP contribution in [0.15, 0.2) is 29.4 Å². The first-order chi connectivity index (χ1) is 11.0. The van der Waals surface area contributed by atoms with E-state index in [9.17, 15) is 0 Å². The normalized spacial score (nSPS) is 11.8. The van der Waals surface area contributed by atoms with Crippen molar-refractivity contribution < 1.29 is 0 Å². The van der Waals surface area contributed by atoms with Gasteiger partial charge < -0.3 is 10.6 Å². The van der Waals surface area contributed by atoms with E-state index in [-0.39, 0.29) is 24.0 Å². The topological polar surface area (TPSA) is 52.6 Å². The second kappa shape index (κ2) is 13.4. The van der Waals surface area contributed by atoms with Crippen molar-refractivity contribution in [2.45, 2.75) is 53.1 Å². The van der Waals surface area contributed by atoms with Crippen molar-refractivity contribution in [1.29, 1.82) is 0 Å². The van der Waals surface area contributed by atoms with Crippen molar-refractivity contribution in [1.82, 2.24) is 20.5 Å². The maximum Gasteiger partial charge on any atom is 0.191 e. The van der Waals surface area contributed by atoms with Crippen LogP contribution in [0.3, 0.4) is 0 Å². The number of hydrogen-bond donors (Lipinski definition) is 2. The second-order valence-corrected chi connectivity index (χ2v) is 6.18. The van der Waals surface area contributed by atoms with Gasteiger partial charge in [0.05, 0.1) is 6.54 Å². The quantitative estimate of drug-likeness (QED) is 0.347. The lowest BCUT2D eigenvalue weighted by Crippen LogP contribution is -2.41. The Hall–Kier alpha value is -0.890. The van der Waals surface area contributed by atoms with Gasteiger partial charge in [0.15, 0.2) is 5.96 Å². The molecule has 0 unspecified atom stereocenters. The monoisotopic (exact) mass is 447 g/mol. The van der Waals surface area contributed by atoms with Crippen molar-refractivity contribution >= 4 is 29.9 Å². The molecule has 6 heteroatoms. The third-order valence-corrected chi connectivity index (χ3v) is 3.70. The molecule has 0 spiro atoms. The van der Waals surface area contributed by atoms with Crippen molar-refractivity contribution in [2.75, 3.05) is 26.2 Å². The molecule has 0 atom stereocenters. The van der Waals surface area contributed by atoms with Gasteiger partial charge in [-0.15, -0.1) is 24.0 Å². The van der Waals surface area contributed by atoms with Crippen LogP contribution in [-0.2, 0) is 6.42 Å². The maximum atomic E-state index is 4.68. The molecule has 1 aromatic rings. The van der Waals surface area contributed by atoms with Crippen LogP contribution in [0.25, 0.3) is 0 Å². The first kappa shape index (κ1) is 23.1. The van der Waals surface area contributed by atoms with Gasteiger partial charge >= 0.3 is 0 Å². The third kappa shape index (κ3) is 9.42. The summed E-state index contributed by atoms with van der Waals surface area (Å²) < 4.78 is 0. The van der Waals surface area contributed by atoms with Crippen LogP contribution in [0.2, 0.25) is 0 Å². The van der Waals surface area contributed by atoms with Crippen LogP contribution in [0.4, 0.5) is 0 Å². The molecule has 0 amide bonds. The van der Waals surface area contributed by atoms with E-state index >= 15 is 0 Å². The van der Waals surface area contributed by atoms with Gasteiger partial charge in [-0.1, -0.05) is 6.07 Å². The van der Waals surface area contributed by atoms with Gasteiger partial charge in [-0.3, -0.25) is 14.9 Å². The minimum atomic E-state index is 0. The molecule has 1 heterocycles. The van der Waals surface area contributed by atoms with Gasteiger partial charge in [-0.2, -0.15) is 0 Å². The summed E-state index contributed by atoms with van der Waals surface area (Å²) in [6, 6.07) is 7.11. The number of aromatic nitrogens is 1. The van der Waals surface area contributed by atoms with Crippen LogP contribution in [0, 0.1) is 0 Å². The molecule has 24 heavy (non-hydrogen) atoms. The minimum absolute atomic E-state index is 0. The van der Waals surface area contributed by atoms with E-state index in [4.69, 9.17) is 0 Å². The number of aliphatic imine (C=N–C) groups is 1. The maximum absolute atomic E-state index is 4.68. The van der Waals surface area contributed by atoms with E-state index in [0.29, 0.717) is 12.1 Å². The van der Waals surface area contributed by atoms with Gasteiger partial charge in [0.25, 0.3) is 0 Å². The fraction of sp³-hybridized carbons (Fsp3) is 0.667. The Morgan fingerprint density at radius 1 is 1.17 bits per heavy atom. The van der Waals surface area contributed by atoms with Crippen molar-refractivity contribution in [3.8, 4) is 0 Å². The minimum Gasteiger partial charge on any atom is -0.357 e. The van der Waals surface area contributed by atoms with Crippen LogP contribution >= 0.6 is 24.0 Å². The fourth-order valence-electron chi connectivity index (χ4n) is 2.59. The Balaban J connectivity index is 0.00000529. The number of hydrogen-bond acceptors (Lipinski definition) is 3. The summed E-state index contributed by atoms with van der Waals surface area (Å²) in [6.45, 7) is 14.5. The highest BCUT2D eigenvalue weighted by Gasteiger charge is 2.12. The molecule has 0 bridgehead atoms. The van der Waals surface area contributed by atoms with Crippen LogP contribution in [-0.4, -0.2) is 54.1 Å². The molecule has 2 N–H and O–H groups in total. The average Bonchev–Trinajstić information content (AvgIpc) is 2.51. The van der Waals surface area contributed by atoms with Gasteiger partial charge in [-0.05, 0) is 46.8 Å². The largest absolute Gasteiger partial charge is 0.357 e. The summed E-state index contributed by atoms with van der Waals surface area (Å²) >= 11 is 0. The molecule has 5 nitrogen and oxygen atoms in total. The fourth-order valence-corrected chi connectivity index (χ4v) is 2.59. The summed E-state index contributed by atoms with van der Waals surface area (Å²) in [5.41, 5.74) is 1.10. The molecule has 0 aliphatic carbocycles. The molecule has 0 aromatic carbocycles. The first-order valence-corrected chi connectivity index (χ1v) is 8.72. The molecule has 0 fully saturated rings. The molecule has 0 saturated carbocycles. The highest BCUT2D eigenvalue weighted by atomic mass is 127. The van der Waals surface area contributed by atoms with E-state index in [2.05, 4.69) is 66.2 Å². The summed E-state index contributed by atoms with van der Waals surface area (Å²) in [7, 11) is 0. The van der Waals surface area contributed by atoms with E-state index in [1.165, 1.54) is 0 Å². The third-order valence-electron chi connectivity index (χ3n) is 3.70. The molecule has 1 rings (SSSR count). The summed E-state index contributed by atoms with van der Waals surface area (Å²) in [5, 5.41) is 6.68. The van der Waals surface area contributed by atoms with E-state index < -0.39 is 0 Å². The SMILES string of the molecule is CCNC(=NCCN(C(C)C)C(C)C)NCCc1ccccn1.I. The predicted octanol–water partition coefficient (Wildman–Crippen LogP) is 2.92. The van der Waals surface area contributed by atoms with Crippen LogP contribution < -0.4 is 10.6 Å². The number of pyridine rings is 1. The standard InChI is InChI=1S/C18H33N5.HI/c1-6-19-18(21-12-10-17-9-7-8-11-20-17)22-13-14-23(15(2)3)16(4)5;/h7-9,11,15-16H,6,10,12-14H2,1-5H3,(H2,19,21,22);1H. The van der Waals surface area contributed by atoms with Crippen molar-refractivity contribution in [3.05, 3.63) is 30.1 Å². The molecule has 0 aliphatic rings. The Kier molecular flexibility index (Phi) is 12.9. The summed E-state index contributed by atoms with van der Waals surface area (Å²) in [5.74, 6) is 0.885. The van der Waals surface area contributed by atoms with E-state index in [1.54, 1.807) is 0 Å². The lowest BCUT2D eigenvalue weighted by atomic mass is 10.2. The van der Waals surface area contributed by atoms with Gasteiger partial charge in [0, 0.05) is 50.0 Å². The Morgan fingerprint density at radius 3 is 2.42 bits per heavy atom. The number of rotatable bonds is 9. The van der Waals surface area contributed by atoms with Crippen LogP contribution in [0.1, 0.15) is 40.3 Å². The molecule has 0 saturated heterocycles. The Morgan fingerprint density at radius 2 is 1.88 bits per heavy atom. The highest BCUT2D eigenvalue weighted by molar-refractivity contribution is 14.0. The van der Waals surface area contributed by atoms with Crippen LogP contribution in [0.5, 0.6) is 0 Å². The zero-order valence-corrected chi connectivity index (χ0v) is 18.1. The Bertz CT molecular complexity index is 440. The number of guanidine groups is 1. The molecule has 0 radical (unpaired) electrons. The zero-order valence-electron chi connectivity index (χ0n) is 15.7. The predicted molar refractivity (Wildman–Crippen MR) is 114 cm³/mol.